The topological polar surface area (TPSA) is 137 Å². The predicted molar refractivity (Wildman–Crippen MR) is 77.1 cm³/mol. The average molecular weight is 368 g/mol. The molecule has 0 radical (unpaired) electrons. The number of aryl methyl sites for hydroxylation is 1. The van der Waals surface area contributed by atoms with Gasteiger partial charge in [0, 0.05) is 18.2 Å². The van der Waals surface area contributed by atoms with Crippen molar-refractivity contribution < 1.29 is 31.4 Å². The van der Waals surface area contributed by atoms with E-state index in [2.05, 4.69) is 4.18 Å². The van der Waals surface area contributed by atoms with Gasteiger partial charge in [-0.3, -0.25) is 9.36 Å². The van der Waals surface area contributed by atoms with Gasteiger partial charge in [0.2, 0.25) is 0 Å². The molecule has 24 heavy (non-hydrogen) atoms. The average Bonchev–Trinajstić information content (AvgIpc) is 2.82. The highest BCUT2D eigenvalue weighted by atomic mass is 32.3. The van der Waals surface area contributed by atoms with E-state index in [9.17, 15) is 27.0 Å². The van der Waals surface area contributed by atoms with E-state index in [-0.39, 0.29) is 12.0 Å². The van der Waals surface area contributed by atoms with Gasteiger partial charge in [0.1, 0.15) is 12.3 Å². The number of halogens is 1. The lowest BCUT2D eigenvalue weighted by molar-refractivity contribution is -0.0470. The summed E-state index contributed by atoms with van der Waals surface area (Å²) in [7, 11) is -5.38. The summed E-state index contributed by atoms with van der Waals surface area (Å²) in [5.41, 5.74) is -1.81. The second-order valence-electron chi connectivity index (χ2n) is 5.38. The second-order valence-corrected chi connectivity index (χ2v) is 6.36. The van der Waals surface area contributed by atoms with Gasteiger partial charge < -0.3 is 14.9 Å². The minimum absolute atomic E-state index is 0.0283. The van der Waals surface area contributed by atoms with Crippen molar-refractivity contribution in [1.82, 2.24) is 9.13 Å². The van der Waals surface area contributed by atoms with Crippen molar-refractivity contribution in [2.75, 3.05) is 6.61 Å². The number of aromatic nitrogens is 2. The Morgan fingerprint density at radius 1 is 1.50 bits per heavy atom. The van der Waals surface area contributed by atoms with Crippen LogP contribution < -0.4 is 11.2 Å². The zero-order valence-electron chi connectivity index (χ0n) is 12.8. The molecule has 4 atom stereocenters. The van der Waals surface area contributed by atoms with Crippen LogP contribution in [0.4, 0.5) is 3.89 Å². The van der Waals surface area contributed by atoms with Crippen molar-refractivity contribution >= 4 is 10.5 Å². The van der Waals surface area contributed by atoms with Crippen LogP contribution >= 0.6 is 0 Å². The van der Waals surface area contributed by atoms with E-state index in [4.69, 9.17) is 9.84 Å². The van der Waals surface area contributed by atoms with Crippen molar-refractivity contribution in [2.24, 2.45) is 0 Å². The fourth-order valence-electron chi connectivity index (χ4n) is 2.51. The van der Waals surface area contributed by atoms with Crippen molar-refractivity contribution in [3.8, 4) is 0 Å². The van der Waals surface area contributed by atoms with Gasteiger partial charge in [-0.05, 0) is 13.8 Å². The first-order chi connectivity index (χ1) is 11.0. The number of hydrogen-bond acceptors (Lipinski definition) is 8. The number of rotatable bonds is 5. The summed E-state index contributed by atoms with van der Waals surface area (Å²) in [6.07, 6.45) is -3.47. The highest BCUT2D eigenvalue weighted by Gasteiger charge is 2.35. The number of aliphatic hydroxyl groups excluding tert-OH is 2. The maximum atomic E-state index is 12.7. The molecule has 1 aliphatic heterocycles. The number of ether oxygens (including phenoxy) is 1. The first-order valence-corrected chi connectivity index (χ1v) is 8.27. The lowest BCUT2D eigenvalue weighted by Gasteiger charge is -2.19. The van der Waals surface area contributed by atoms with Gasteiger partial charge in [-0.15, -0.1) is 0 Å². The van der Waals surface area contributed by atoms with Crippen LogP contribution in [0.15, 0.2) is 15.8 Å². The monoisotopic (exact) mass is 368 g/mol. The first-order valence-electron chi connectivity index (χ1n) is 6.96. The van der Waals surface area contributed by atoms with Crippen molar-refractivity contribution in [1.29, 1.82) is 0 Å². The molecule has 0 amide bonds. The van der Waals surface area contributed by atoms with Crippen LogP contribution in [0.3, 0.4) is 0 Å². The molecule has 1 fully saturated rings. The lowest BCUT2D eigenvalue weighted by Crippen LogP contribution is -2.44. The highest BCUT2D eigenvalue weighted by molar-refractivity contribution is 7.81. The van der Waals surface area contributed by atoms with Crippen molar-refractivity contribution in [3.63, 3.8) is 0 Å². The third-order valence-electron chi connectivity index (χ3n) is 3.63. The minimum atomic E-state index is -5.38. The smallest absolute Gasteiger partial charge is 0.394 e. The van der Waals surface area contributed by atoms with Crippen LogP contribution in [-0.2, 0) is 19.4 Å². The first kappa shape index (κ1) is 18.7. The molecule has 1 saturated heterocycles. The summed E-state index contributed by atoms with van der Waals surface area (Å²) in [6, 6.07) is 0. The summed E-state index contributed by atoms with van der Waals surface area (Å²) in [4.78, 5) is 24.6. The van der Waals surface area contributed by atoms with Crippen LogP contribution in [0, 0.1) is 6.92 Å². The molecular formula is C12H17FN2O8S. The molecule has 0 aliphatic carbocycles. The number of aliphatic hydroxyl groups is 2. The fraction of sp³-hybridized carbons (Fsp3) is 0.667. The second kappa shape index (κ2) is 6.72. The summed E-state index contributed by atoms with van der Waals surface area (Å²) in [5, 5.41) is 18.8. The summed E-state index contributed by atoms with van der Waals surface area (Å²) in [5.74, 6) is 0. The largest absolute Gasteiger partial charge is 0.439 e. The highest BCUT2D eigenvalue weighted by Crippen LogP contribution is 2.27. The van der Waals surface area contributed by atoms with E-state index in [1.54, 1.807) is 0 Å². The van der Waals surface area contributed by atoms with Gasteiger partial charge in [-0.25, -0.2) is 13.5 Å². The molecule has 136 valence electrons. The Bertz CT molecular complexity index is 832. The maximum absolute atomic E-state index is 12.7. The van der Waals surface area contributed by atoms with Gasteiger partial charge in [-0.2, -0.15) is 8.42 Å². The summed E-state index contributed by atoms with van der Waals surface area (Å²) < 4.78 is 44.6. The maximum Gasteiger partial charge on any atom is 0.439 e. The quantitative estimate of drug-likeness (QED) is 0.613. The SMILES string of the molecule is Cc1cn([C@H]2CC(O)[C@@H](CO)O2)c(=O)n(C(C)OS(=O)(=O)F)c1=O. The summed E-state index contributed by atoms with van der Waals surface area (Å²) >= 11 is 0. The van der Waals surface area contributed by atoms with E-state index in [1.807, 2.05) is 0 Å². The third-order valence-corrected chi connectivity index (χ3v) is 4.14. The summed E-state index contributed by atoms with van der Waals surface area (Å²) in [6.45, 7) is 1.91. The lowest BCUT2D eigenvalue weighted by atomic mass is 10.2. The Kier molecular flexibility index (Phi) is 5.25. The van der Waals surface area contributed by atoms with Gasteiger partial charge in [0.25, 0.3) is 5.56 Å². The van der Waals surface area contributed by atoms with Crippen LogP contribution in [0.1, 0.15) is 31.4 Å². The minimum Gasteiger partial charge on any atom is -0.394 e. The zero-order valence-corrected chi connectivity index (χ0v) is 13.6. The number of nitrogens with zero attached hydrogens (tertiary/aromatic N) is 2. The molecule has 10 nitrogen and oxygen atoms in total. The number of hydrogen-bond donors (Lipinski definition) is 2. The Hall–Kier alpha value is -1.60. The predicted octanol–water partition coefficient (Wildman–Crippen LogP) is -1.29. The molecule has 2 N–H and O–H groups in total. The van der Waals surface area contributed by atoms with Crippen molar-refractivity contribution in [3.05, 3.63) is 32.6 Å². The van der Waals surface area contributed by atoms with Gasteiger partial charge in [0.15, 0.2) is 6.23 Å². The van der Waals surface area contributed by atoms with E-state index >= 15 is 0 Å². The van der Waals surface area contributed by atoms with E-state index in [0.717, 1.165) is 11.5 Å². The Labute approximate surface area is 136 Å². The molecule has 12 heteroatoms. The van der Waals surface area contributed by atoms with Gasteiger partial charge in [0.05, 0.1) is 12.7 Å². The molecule has 0 saturated carbocycles. The van der Waals surface area contributed by atoms with Gasteiger partial charge in [-0.1, -0.05) is 3.89 Å². The zero-order chi connectivity index (χ0) is 18.2. The van der Waals surface area contributed by atoms with Gasteiger partial charge >= 0.3 is 16.2 Å². The normalized spacial score (nSPS) is 25.8. The molecule has 0 spiro atoms. The molecule has 0 aromatic carbocycles. The molecular weight excluding hydrogens is 351 g/mol. The van der Waals surface area contributed by atoms with Crippen LogP contribution in [-0.4, -0.2) is 46.6 Å². The van der Waals surface area contributed by atoms with E-state index < -0.39 is 53.0 Å². The van der Waals surface area contributed by atoms with Crippen LogP contribution in [0.2, 0.25) is 0 Å². The van der Waals surface area contributed by atoms with Crippen molar-refractivity contribution in [2.45, 2.75) is 44.9 Å². The molecule has 1 aromatic rings. The molecule has 2 heterocycles. The Morgan fingerprint density at radius 3 is 2.62 bits per heavy atom. The van der Waals surface area contributed by atoms with E-state index in [1.165, 1.54) is 13.1 Å². The molecule has 0 bridgehead atoms. The standard InChI is InChI=1S/C12H17FN2O8S/c1-6-4-14(10-3-8(17)9(5-16)22-10)12(19)15(11(6)18)7(2)23-24(13,20)21/h4,7-10,16-17H,3,5H2,1-2H3/t7?,8?,9-,10-/m1/s1. The van der Waals surface area contributed by atoms with Crippen LogP contribution in [0.25, 0.3) is 0 Å². The fourth-order valence-corrected chi connectivity index (χ4v) is 2.93. The third kappa shape index (κ3) is 3.72. The Morgan fingerprint density at radius 2 is 2.12 bits per heavy atom. The van der Waals surface area contributed by atoms with E-state index in [0.29, 0.717) is 4.57 Å². The molecule has 1 aliphatic rings. The molecule has 2 rings (SSSR count). The Balaban J connectivity index is 2.50. The van der Waals surface area contributed by atoms with Crippen LogP contribution in [0.5, 0.6) is 0 Å². The molecule has 2 unspecified atom stereocenters. The molecule has 1 aromatic heterocycles.